The Morgan fingerprint density at radius 1 is 1.44 bits per heavy atom. The van der Waals surface area contributed by atoms with Crippen LogP contribution < -0.4 is 5.73 Å². The molecule has 0 saturated heterocycles. The Bertz CT molecular complexity index is 257. The molecule has 0 bridgehead atoms. The fourth-order valence-corrected chi connectivity index (χ4v) is 2.44. The smallest absolute Gasteiger partial charge is 0.224 e. The van der Waals surface area contributed by atoms with Gasteiger partial charge in [-0.05, 0) is 38.5 Å². The molecule has 0 aromatic heterocycles. The maximum atomic E-state index is 12.2. The van der Waals surface area contributed by atoms with Crippen molar-refractivity contribution in [3.05, 3.63) is 0 Å². The lowest BCUT2D eigenvalue weighted by Crippen LogP contribution is -2.51. The van der Waals surface area contributed by atoms with Crippen molar-refractivity contribution in [1.82, 2.24) is 4.90 Å². The predicted octanol–water partition coefficient (Wildman–Crippen LogP) is 2.05. The maximum absolute atomic E-state index is 12.2. The van der Waals surface area contributed by atoms with Gasteiger partial charge in [-0.3, -0.25) is 4.79 Å². The van der Waals surface area contributed by atoms with Crippen molar-refractivity contribution in [2.24, 2.45) is 5.73 Å². The molecule has 3 nitrogen and oxygen atoms in total. The molecule has 2 aliphatic carbocycles. The molecule has 2 aliphatic rings. The van der Waals surface area contributed by atoms with Gasteiger partial charge in [0.05, 0.1) is 0 Å². The number of hydrogen-bond donors (Lipinski definition) is 1. The van der Waals surface area contributed by atoms with Crippen LogP contribution in [0.15, 0.2) is 0 Å². The van der Waals surface area contributed by atoms with Gasteiger partial charge in [-0.15, -0.1) is 0 Å². The molecule has 2 rings (SSSR count). The van der Waals surface area contributed by atoms with Crippen molar-refractivity contribution in [2.75, 3.05) is 6.54 Å². The number of carbonyl (C=O) groups is 1. The Balaban J connectivity index is 1.84. The zero-order chi connectivity index (χ0) is 11.6. The number of nitrogens with two attached hydrogens (primary N) is 1. The molecule has 0 aromatic rings. The van der Waals surface area contributed by atoms with Crippen molar-refractivity contribution in [2.45, 2.75) is 69.9 Å². The standard InChI is InChI=1S/C13H24N2O/c1-2-3-9-15(11-5-6-11)12(16)10-13(14)7-4-8-13/h11H,2-10,14H2,1H3. The van der Waals surface area contributed by atoms with Gasteiger partial charge >= 0.3 is 0 Å². The van der Waals surface area contributed by atoms with E-state index in [2.05, 4.69) is 11.8 Å². The fraction of sp³-hybridized carbons (Fsp3) is 0.923. The molecule has 92 valence electrons. The topological polar surface area (TPSA) is 46.3 Å². The van der Waals surface area contributed by atoms with Crippen molar-refractivity contribution >= 4 is 5.91 Å². The molecular formula is C13H24N2O. The highest BCUT2D eigenvalue weighted by Crippen LogP contribution is 2.34. The third-order valence-electron chi connectivity index (χ3n) is 3.91. The second-order valence-electron chi connectivity index (χ2n) is 5.56. The van der Waals surface area contributed by atoms with Crippen molar-refractivity contribution in [3.63, 3.8) is 0 Å². The van der Waals surface area contributed by atoms with Crippen molar-refractivity contribution < 1.29 is 4.79 Å². The lowest BCUT2D eigenvalue weighted by atomic mass is 9.75. The minimum absolute atomic E-state index is 0.156. The zero-order valence-electron chi connectivity index (χ0n) is 10.4. The van der Waals surface area contributed by atoms with Crippen LogP contribution in [0, 0.1) is 0 Å². The van der Waals surface area contributed by atoms with Crippen LogP contribution in [-0.4, -0.2) is 28.9 Å². The van der Waals surface area contributed by atoms with E-state index in [-0.39, 0.29) is 5.54 Å². The van der Waals surface area contributed by atoms with Gasteiger partial charge in [0.25, 0.3) is 0 Å². The molecule has 2 N–H and O–H groups in total. The summed E-state index contributed by atoms with van der Waals surface area (Å²) in [4.78, 5) is 14.3. The van der Waals surface area contributed by atoms with Gasteiger partial charge in [0.2, 0.25) is 5.91 Å². The minimum Gasteiger partial charge on any atom is -0.340 e. The number of unbranched alkanes of at least 4 members (excludes halogenated alkanes) is 1. The summed E-state index contributed by atoms with van der Waals surface area (Å²) in [7, 11) is 0. The van der Waals surface area contributed by atoms with E-state index in [0.717, 1.165) is 32.2 Å². The quantitative estimate of drug-likeness (QED) is 0.750. The normalized spacial score (nSPS) is 22.6. The lowest BCUT2D eigenvalue weighted by molar-refractivity contribution is -0.133. The van der Waals surface area contributed by atoms with E-state index in [4.69, 9.17) is 5.73 Å². The zero-order valence-corrected chi connectivity index (χ0v) is 10.4. The van der Waals surface area contributed by atoms with Gasteiger partial charge in [-0.25, -0.2) is 0 Å². The number of nitrogens with zero attached hydrogens (tertiary/aromatic N) is 1. The second-order valence-corrected chi connectivity index (χ2v) is 5.56. The van der Waals surface area contributed by atoms with Crippen LogP contribution in [0.3, 0.4) is 0 Å². The van der Waals surface area contributed by atoms with E-state index in [1.807, 2.05) is 0 Å². The number of carbonyl (C=O) groups excluding carboxylic acids is 1. The molecule has 16 heavy (non-hydrogen) atoms. The largest absolute Gasteiger partial charge is 0.340 e. The first-order valence-electron chi connectivity index (χ1n) is 6.73. The third kappa shape index (κ3) is 2.76. The average molecular weight is 224 g/mol. The van der Waals surface area contributed by atoms with Gasteiger partial charge in [-0.2, -0.15) is 0 Å². The summed E-state index contributed by atoms with van der Waals surface area (Å²) < 4.78 is 0. The van der Waals surface area contributed by atoms with Crippen molar-refractivity contribution in [3.8, 4) is 0 Å². The van der Waals surface area contributed by atoms with Crippen LogP contribution in [0.4, 0.5) is 0 Å². The van der Waals surface area contributed by atoms with Crippen LogP contribution in [0.5, 0.6) is 0 Å². The summed E-state index contributed by atoms with van der Waals surface area (Å²) in [5, 5.41) is 0. The molecule has 1 amide bonds. The molecular weight excluding hydrogens is 200 g/mol. The average Bonchev–Trinajstić information content (AvgIpc) is 3.00. The molecule has 3 heteroatoms. The van der Waals surface area contributed by atoms with E-state index in [9.17, 15) is 4.79 Å². The first-order chi connectivity index (χ1) is 7.64. The Kier molecular flexibility index (Phi) is 3.53. The van der Waals surface area contributed by atoms with E-state index in [1.165, 1.54) is 19.3 Å². The SMILES string of the molecule is CCCCN(C(=O)CC1(N)CCC1)C1CC1. The van der Waals surface area contributed by atoms with E-state index in [1.54, 1.807) is 0 Å². The maximum Gasteiger partial charge on any atom is 0.224 e. The monoisotopic (exact) mass is 224 g/mol. The number of hydrogen-bond acceptors (Lipinski definition) is 2. The highest BCUT2D eigenvalue weighted by atomic mass is 16.2. The summed E-state index contributed by atoms with van der Waals surface area (Å²) in [5.41, 5.74) is 5.99. The Morgan fingerprint density at radius 2 is 2.12 bits per heavy atom. The number of amides is 1. The van der Waals surface area contributed by atoms with E-state index in [0.29, 0.717) is 18.4 Å². The molecule has 0 heterocycles. The predicted molar refractivity (Wildman–Crippen MR) is 65.0 cm³/mol. The number of rotatable bonds is 6. The van der Waals surface area contributed by atoms with E-state index >= 15 is 0 Å². The molecule has 0 radical (unpaired) electrons. The summed E-state index contributed by atoms with van der Waals surface area (Å²) in [6.07, 6.45) is 8.52. The van der Waals surface area contributed by atoms with Crippen LogP contribution in [0.1, 0.15) is 58.3 Å². The fourth-order valence-electron chi connectivity index (χ4n) is 2.44. The highest BCUT2D eigenvalue weighted by molar-refractivity contribution is 5.78. The molecule has 0 aromatic carbocycles. The highest BCUT2D eigenvalue weighted by Gasteiger charge is 2.39. The molecule has 2 fully saturated rings. The molecule has 0 unspecified atom stereocenters. The molecule has 2 saturated carbocycles. The molecule has 0 spiro atoms. The molecule has 0 atom stereocenters. The van der Waals surface area contributed by atoms with E-state index < -0.39 is 0 Å². The lowest BCUT2D eigenvalue weighted by Gasteiger charge is -2.39. The molecule has 0 aliphatic heterocycles. The minimum atomic E-state index is -0.156. The van der Waals surface area contributed by atoms with Crippen molar-refractivity contribution in [1.29, 1.82) is 0 Å². The summed E-state index contributed by atoms with van der Waals surface area (Å²) >= 11 is 0. The first kappa shape index (κ1) is 11.9. The van der Waals surface area contributed by atoms with Crippen LogP contribution in [0.2, 0.25) is 0 Å². The van der Waals surface area contributed by atoms with Gasteiger partial charge in [0, 0.05) is 24.5 Å². The Morgan fingerprint density at radius 3 is 2.56 bits per heavy atom. The van der Waals surface area contributed by atoms with Gasteiger partial charge in [0.1, 0.15) is 0 Å². The second kappa shape index (κ2) is 4.74. The third-order valence-corrected chi connectivity index (χ3v) is 3.91. The summed E-state index contributed by atoms with van der Waals surface area (Å²) in [6.45, 7) is 3.11. The van der Waals surface area contributed by atoms with Gasteiger partial charge in [0.15, 0.2) is 0 Å². The summed E-state index contributed by atoms with van der Waals surface area (Å²) in [6, 6.07) is 0.544. The first-order valence-corrected chi connectivity index (χ1v) is 6.73. The van der Waals surface area contributed by atoms with Crippen LogP contribution in [-0.2, 0) is 4.79 Å². The van der Waals surface area contributed by atoms with Crippen LogP contribution >= 0.6 is 0 Å². The summed E-state index contributed by atoms with van der Waals surface area (Å²) in [5.74, 6) is 0.304. The Labute approximate surface area is 98.4 Å². The van der Waals surface area contributed by atoms with Gasteiger partial charge in [-0.1, -0.05) is 13.3 Å². The van der Waals surface area contributed by atoms with Gasteiger partial charge < -0.3 is 10.6 Å². The van der Waals surface area contributed by atoms with Crippen LogP contribution in [0.25, 0.3) is 0 Å². The Hall–Kier alpha value is -0.570.